The maximum absolute atomic E-state index is 10.8. The summed E-state index contributed by atoms with van der Waals surface area (Å²) in [5.41, 5.74) is 5.07. The summed E-state index contributed by atoms with van der Waals surface area (Å²) < 4.78 is 5.55. The molecule has 1 aliphatic heterocycles. The first-order valence-corrected chi connectivity index (χ1v) is 4.63. The molecule has 1 amide bonds. The molecule has 1 aliphatic rings. The van der Waals surface area contributed by atoms with Crippen LogP contribution in [0.15, 0.2) is 0 Å². The molecule has 2 atom stereocenters. The highest BCUT2D eigenvalue weighted by molar-refractivity contribution is 5.78. The molecule has 0 saturated carbocycles. The lowest BCUT2D eigenvalue weighted by Gasteiger charge is -2.28. The van der Waals surface area contributed by atoms with Crippen LogP contribution in [0.3, 0.4) is 0 Å². The molecular formula is C9H18N2O2. The van der Waals surface area contributed by atoms with Gasteiger partial charge in [-0.1, -0.05) is 0 Å². The summed E-state index contributed by atoms with van der Waals surface area (Å²) in [6, 6.07) is 0. The van der Waals surface area contributed by atoms with Crippen molar-refractivity contribution >= 4 is 5.91 Å². The number of hydrogen-bond acceptors (Lipinski definition) is 3. The second-order valence-corrected chi connectivity index (χ2v) is 4.11. The maximum Gasteiger partial charge on any atom is 0.246 e. The molecule has 4 heteroatoms. The topological polar surface area (TPSA) is 64.3 Å². The second-order valence-electron chi connectivity index (χ2n) is 4.11. The maximum atomic E-state index is 10.8. The minimum atomic E-state index is -0.496. The second kappa shape index (κ2) is 3.64. The fourth-order valence-electron chi connectivity index (χ4n) is 1.55. The van der Waals surface area contributed by atoms with Gasteiger partial charge in [0.05, 0.1) is 6.10 Å². The van der Waals surface area contributed by atoms with E-state index in [0.717, 1.165) is 13.0 Å². The first-order chi connectivity index (χ1) is 5.93. The molecule has 13 heavy (non-hydrogen) atoms. The molecule has 0 aromatic rings. The van der Waals surface area contributed by atoms with Gasteiger partial charge in [-0.15, -0.1) is 0 Å². The molecule has 1 saturated heterocycles. The summed E-state index contributed by atoms with van der Waals surface area (Å²) in [5, 5.41) is 3.31. The summed E-state index contributed by atoms with van der Waals surface area (Å²) in [7, 11) is 0. The summed E-state index contributed by atoms with van der Waals surface area (Å²) in [4.78, 5) is 10.8. The van der Waals surface area contributed by atoms with E-state index >= 15 is 0 Å². The minimum absolute atomic E-state index is 0.0519. The first kappa shape index (κ1) is 10.5. The van der Waals surface area contributed by atoms with Crippen molar-refractivity contribution in [2.45, 2.75) is 44.9 Å². The van der Waals surface area contributed by atoms with Gasteiger partial charge in [0, 0.05) is 5.54 Å². The third-order valence-corrected chi connectivity index (χ3v) is 2.56. The molecule has 4 nitrogen and oxygen atoms in total. The summed E-state index contributed by atoms with van der Waals surface area (Å²) in [6.07, 6.45) is 0.518. The van der Waals surface area contributed by atoms with Gasteiger partial charge in [-0.2, -0.15) is 0 Å². The quantitative estimate of drug-likeness (QED) is 0.653. The predicted molar refractivity (Wildman–Crippen MR) is 50.2 cm³/mol. The molecule has 0 aromatic heterocycles. The van der Waals surface area contributed by atoms with Gasteiger partial charge in [0.15, 0.2) is 0 Å². The molecule has 0 bridgehead atoms. The molecule has 0 spiro atoms. The Balaban J connectivity index is 2.49. The van der Waals surface area contributed by atoms with Crippen LogP contribution in [0.1, 0.15) is 27.2 Å². The molecule has 0 radical (unpaired) electrons. The first-order valence-electron chi connectivity index (χ1n) is 4.63. The lowest BCUT2D eigenvalue weighted by molar-refractivity contribution is -0.133. The SMILES string of the molecule is CC(OC1CCNC1(C)C)C(N)=O. The van der Waals surface area contributed by atoms with E-state index in [-0.39, 0.29) is 11.6 Å². The fourth-order valence-corrected chi connectivity index (χ4v) is 1.55. The largest absolute Gasteiger partial charge is 0.367 e. The van der Waals surface area contributed by atoms with E-state index < -0.39 is 12.0 Å². The van der Waals surface area contributed by atoms with Crippen LogP contribution in [0.5, 0.6) is 0 Å². The average molecular weight is 186 g/mol. The van der Waals surface area contributed by atoms with Crippen LogP contribution in [0, 0.1) is 0 Å². The molecule has 1 fully saturated rings. The van der Waals surface area contributed by atoms with Crippen LogP contribution in [-0.4, -0.2) is 30.2 Å². The Morgan fingerprint density at radius 2 is 2.31 bits per heavy atom. The van der Waals surface area contributed by atoms with Crippen LogP contribution in [0.2, 0.25) is 0 Å². The van der Waals surface area contributed by atoms with Crippen molar-refractivity contribution in [3.8, 4) is 0 Å². The van der Waals surface area contributed by atoms with E-state index in [1.54, 1.807) is 6.92 Å². The molecular weight excluding hydrogens is 168 g/mol. The van der Waals surface area contributed by atoms with Gasteiger partial charge in [0.1, 0.15) is 6.10 Å². The Bertz CT molecular complexity index is 204. The molecule has 0 aliphatic carbocycles. The Morgan fingerprint density at radius 1 is 1.69 bits per heavy atom. The monoisotopic (exact) mass is 186 g/mol. The highest BCUT2D eigenvalue weighted by Gasteiger charge is 2.36. The van der Waals surface area contributed by atoms with E-state index in [1.807, 2.05) is 0 Å². The molecule has 2 unspecified atom stereocenters. The van der Waals surface area contributed by atoms with Crippen molar-refractivity contribution in [2.24, 2.45) is 5.73 Å². The van der Waals surface area contributed by atoms with Crippen molar-refractivity contribution in [1.82, 2.24) is 5.32 Å². The highest BCUT2D eigenvalue weighted by atomic mass is 16.5. The number of primary amides is 1. The number of carbonyl (C=O) groups excluding carboxylic acids is 1. The number of rotatable bonds is 3. The van der Waals surface area contributed by atoms with E-state index in [9.17, 15) is 4.79 Å². The lowest BCUT2D eigenvalue weighted by Crippen LogP contribution is -2.45. The number of nitrogens with one attached hydrogen (secondary N) is 1. The van der Waals surface area contributed by atoms with Gasteiger partial charge in [-0.05, 0) is 33.7 Å². The number of nitrogens with two attached hydrogens (primary N) is 1. The van der Waals surface area contributed by atoms with Crippen LogP contribution >= 0.6 is 0 Å². The molecule has 1 rings (SSSR count). The average Bonchev–Trinajstić information content (AvgIpc) is 2.30. The van der Waals surface area contributed by atoms with Crippen LogP contribution in [0.25, 0.3) is 0 Å². The third kappa shape index (κ3) is 2.42. The van der Waals surface area contributed by atoms with Crippen molar-refractivity contribution in [2.75, 3.05) is 6.54 Å². The lowest BCUT2D eigenvalue weighted by atomic mass is 10.00. The van der Waals surface area contributed by atoms with Gasteiger partial charge in [0.2, 0.25) is 5.91 Å². The van der Waals surface area contributed by atoms with E-state index in [4.69, 9.17) is 10.5 Å². The molecule has 76 valence electrons. The summed E-state index contributed by atoms with van der Waals surface area (Å²) in [5.74, 6) is -0.400. The molecule has 3 N–H and O–H groups in total. The Morgan fingerprint density at radius 3 is 2.69 bits per heavy atom. The molecule has 0 aromatic carbocycles. The zero-order valence-electron chi connectivity index (χ0n) is 8.46. The standard InChI is InChI=1S/C9H18N2O2/c1-6(8(10)12)13-7-4-5-11-9(7,2)3/h6-7,11H,4-5H2,1-3H3,(H2,10,12). The van der Waals surface area contributed by atoms with Crippen molar-refractivity contribution in [1.29, 1.82) is 0 Å². The van der Waals surface area contributed by atoms with Crippen molar-refractivity contribution in [3.63, 3.8) is 0 Å². The Kier molecular flexibility index (Phi) is 2.93. The smallest absolute Gasteiger partial charge is 0.246 e. The Hall–Kier alpha value is -0.610. The van der Waals surface area contributed by atoms with Crippen LogP contribution < -0.4 is 11.1 Å². The third-order valence-electron chi connectivity index (χ3n) is 2.56. The van der Waals surface area contributed by atoms with Crippen molar-refractivity contribution < 1.29 is 9.53 Å². The normalized spacial score (nSPS) is 28.7. The van der Waals surface area contributed by atoms with E-state index in [2.05, 4.69) is 19.2 Å². The van der Waals surface area contributed by atoms with Crippen molar-refractivity contribution in [3.05, 3.63) is 0 Å². The van der Waals surface area contributed by atoms with Gasteiger partial charge >= 0.3 is 0 Å². The number of carbonyl (C=O) groups is 1. The van der Waals surface area contributed by atoms with Gasteiger partial charge in [0.25, 0.3) is 0 Å². The van der Waals surface area contributed by atoms with Crippen LogP contribution in [0.4, 0.5) is 0 Å². The minimum Gasteiger partial charge on any atom is -0.367 e. The van der Waals surface area contributed by atoms with E-state index in [0.29, 0.717) is 0 Å². The summed E-state index contributed by atoms with van der Waals surface area (Å²) >= 11 is 0. The summed E-state index contributed by atoms with van der Waals surface area (Å²) in [6.45, 7) is 6.76. The van der Waals surface area contributed by atoms with Gasteiger partial charge < -0.3 is 15.8 Å². The van der Waals surface area contributed by atoms with Gasteiger partial charge in [-0.25, -0.2) is 0 Å². The zero-order chi connectivity index (χ0) is 10.1. The fraction of sp³-hybridized carbons (Fsp3) is 0.889. The number of amides is 1. The highest BCUT2D eigenvalue weighted by Crippen LogP contribution is 2.22. The molecule has 1 heterocycles. The zero-order valence-corrected chi connectivity index (χ0v) is 8.46. The predicted octanol–water partition coefficient (Wildman–Crippen LogP) is 0.0173. The van der Waals surface area contributed by atoms with E-state index in [1.165, 1.54) is 0 Å². The van der Waals surface area contributed by atoms with Crippen LogP contribution in [-0.2, 0) is 9.53 Å². The Labute approximate surface area is 78.8 Å². The number of hydrogen-bond donors (Lipinski definition) is 2. The van der Waals surface area contributed by atoms with Gasteiger partial charge in [-0.3, -0.25) is 4.79 Å². The number of ether oxygens (including phenoxy) is 1.